The van der Waals surface area contributed by atoms with Gasteiger partial charge >= 0.3 is 0 Å². The van der Waals surface area contributed by atoms with Gasteiger partial charge < -0.3 is 15.2 Å². The molecule has 6 nitrogen and oxygen atoms in total. The van der Waals surface area contributed by atoms with Gasteiger partial charge in [0, 0.05) is 10.0 Å². The molecular formula is C12H11BrN4O2. The van der Waals surface area contributed by atoms with Crippen molar-refractivity contribution in [3.63, 3.8) is 0 Å². The Hall–Kier alpha value is -2.02. The van der Waals surface area contributed by atoms with Crippen LogP contribution in [0.3, 0.4) is 0 Å². The van der Waals surface area contributed by atoms with Gasteiger partial charge in [0.25, 0.3) is 0 Å². The summed E-state index contributed by atoms with van der Waals surface area (Å²) < 4.78 is 13.0. The smallest absolute Gasteiger partial charge is 0.231 e. The molecule has 98 valence electrons. The molecule has 1 aromatic heterocycles. The summed E-state index contributed by atoms with van der Waals surface area (Å²) in [7, 11) is 0. The number of aryl methyl sites for hydroxylation is 1. The maximum absolute atomic E-state index is 5.72. The largest absolute Gasteiger partial charge is 0.454 e. The van der Waals surface area contributed by atoms with Gasteiger partial charge in [-0.15, -0.1) is 0 Å². The van der Waals surface area contributed by atoms with Crippen LogP contribution in [0.4, 0.5) is 5.95 Å². The lowest BCUT2D eigenvalue weighted by Gasteiger charge is -2.01. The van der Waals surface area contributed by atoms with Gasteiger partial charge in [0.15, 0.2) is 11.5 Å². The van der Waals surface area contributed by atoms with Gasteiger partial charge in [-0.1, -0.05) is 0 Å². The van der Waals surface area contributed by atoms with E-state index in [0.717, 1.165) is 21.5 Å². The van der Waals surface area contributed by atoms with Gasteiger partial charge in [0.1, 0.15) is 0 Å². The second-order valence-electron chi connectivity index (χ2n) is 4.06. The predicted molar refractivity (Wildman–Crippen MR) is 74.6 cm³/mol. The molecule has 0 saturated carbocycles. The zero-order chi connectivity index (χ0) is 13.4. The molecule has 0 atom stereocenters. The van der Waals surface area contributed by atoms with Crippen molar-refractivity contribution < 1.29 is 9.47 Å². The highest BCUT2D eigenvalue weighted by Gasteiger charge is 2.15. The van der Waals surface area contributed by atoms with Crippen LogP contribution in [0.5, 0.6) is 11.5 Å². The summed E-state index contributed by atoms with van der Waals surface area (Å²) >= 11 is 3.46. The lowest BCUT2D eigenvalue weighted by molar-refractivity contribution is 0.174. The van der Waals surface area contributed by atoms with E-state index in [1.807, 2.05) is 19.1 Å². The van der Waals surface area contributed by atoms with Gasteiger partial charge in [0.2, 0.25) is 12.7 Å². The first kappa shape index (κ1) is 12.0. The number of nitrogens with two attached hydrogens (primary N) is 1. The minimum atomic E-state index is 0.246. The van der Waals surface area contributed by atoms with E-state index in [2.05, 4.69) is 26.0 Å². The van der Waals surface area contributed by atoms with Crippen LogP contribution in [0.1, 0.15) is 11.3 Å². The lowest BCUT2D eigenvalue weighted by atomic mass is 10.2. The molecule has 0 aliphatic carbocycles. The van der Waals surface area contributed by atoms with Crippen molar-refractivity contribution in [3.05, 3.63) is 34.1 Å². The number of rotatable bonds is 2. The van der Waals surface area contributed by atoms with E-state index >= 15 is 0 Å². The molecule has 1 aromatic carbocycles. The highest BCUT2D eigenvalue weighted by atomic mass is 79.9. The van der Waals surface area contributed by atoms with E-state index in [1.54, 1.807) is 12.4 Å². The molecule has 2 heterocycles. The van der Waals surface area contributed by atoms with Gasteiger partial charge in [-0.3, -0.25) is 0 Å². The number of hydrogen-bond donors (Lipinski definition) is 1. The van der Waals surface area contributed by atoms with Gasteiger partial charge in [-0.05, 0) is 35.0 Å². The zero-order valence-corrected chi connectivity index (χ0v) is 11.7. The van der Waals surface area contributed by atoms with Crippen molar-refractivity contribution >= 4 is 28.1 Å². The molecule has 1 aliphatic rings. The number of aromatic nitrogens is 2. The monoisotopic (exact) mass is 322 g/mol. The molecule has 0 saturated heterocycles. The number of benzene rings is 1. The highest BCUT2D eigenvalue weighted by Crippen LogP contribution is 2.36. The van der Waals surface area contributed by atoms with Crippen molar-refractivity contribution in [2.45, 2.75) is 6.92 Å². The highest BCUT2D eigenvalue weighted by molar-refractivity contribution is 9.10. The first-order valence-electron chi connectivity index (χ1n) is 5.58. The topological polar surface area (TPSA) is 74.7 Å². The Morgan fingerprint density at radius 2 is 2.16 bits per heavy atom. The number of hydrogen-bond acceptors (Lipinski definition) is 5. The maximum Gasteiger partial charge on any atom is 0.231 e. The van der Waals surface area contributed by atoms with Gasteiger partial charge in [-0.2, -0.15) is 5.10 Å². The number of imidazole rings is 1. The van der Waals surface area contributed by atoms with Crippen LogP contribution in [0, 0.1) is 6.92 Å². The molecular weight excluding hydrogens is 312 g/mol. The van der Waals surface area contributed by atoms with Crippen LogP contribution in [0.2, 0.25) is 0 Å². The molecule has 1 aliphatic heterocycles. The van der Waals surface area contributed by atoms with Crippen LogP contribution in [0.15, 0.2) is 27.9 Å². The molecule has 2 N–H and O–H groups in total. The predicted octanol–water partition coefficient (Wildman–Crippen LogP) is 2.15. The molecule has 2 aromatic rings. The Balaban J connectivity index is 1.93. The maximum atomic E-state index is 5.72. The molecule has 0 spiro atoms. The Morgan fingerprint density at radius 3 is 2.84 bits per heavy atom. The van der Waals surface area contributed by atoms with E-state index in [4.69, 9.17) is 15.2 Å². The number of ether oxygens (including phenoxy) is 2. The molecule has 19 heavy (non-hydrogen) atoms. The van der Waals surface area contributed by atoms with Crippen LogP contribution in [-0.4, -0.2) is 22.7 Å². The summed E-state index contributed by atoms with van der Waals surface area (Å²) in [5, 5.41) is 4.26. The van der Waals surface area contributed by atoms with Crippen LogP contribution < -0.4 is 15.2 Å². The normalized spacial score (nSPS) is 13.4. The third kappa shape index (κ3) is 2.28. The summed E-state index contributed by atoms with van der Waals surface area (Å²) in [6.45, 7) is 2.11. The second-order valence-corrected chi connectivity index (χ2v) is 4.91. The summed E-state index contributed by atoms with van der Waals surface area (Å²) in [6.07, 6.45) is 3.44. The quantitative estimate of drug-likeness (QED) is 0.859. The fourth-order valence-electron chi connectivity index (χ4n) is 1.75. The minimum Gasteiger partial charge on any atom is -0.454 e. The molecule has 0 fully saturated rings. The van der Waals surface area contributed by atoms with Crippen LogP contribution in [0.25, 0.3) is 0 Å². The van der Waals surface area contributed by atoms with Gasteiger partial charge in [-0.25, -0.2) is 9.66 Å². The molecule has 7 heteroatoms. The van der Waals surface area contributed by atoms with Crippen LogP contribution in [-0.2, 0) is 0 Å². The van der Waals surface area contributed by atoms with E-state index in [1.165, 1.54) is 4.68 Å². The average Bonchev–Trinajstić information content (AvgIpc) is 2.92. The lowest BCUT2D eigenvalue weighted by Crippen LogP contribution is -1.97. The fraction of sp³-hybridized carbons (Fsp3) is 0.167. The molecule has 0 unspecified atom stereocenters. The summed E-state index contributed by atoms with van der Waals surface area (Å²) in [4.78, 5) is 4.07. The minimum absolute atomic E-state index is 0.246. The van der Waals surface area contributed by atoms with Crippen molar-refractivity contribution in [2.75, 3.05) is 12.5 Å². The fourth-order valence-corrected chi connectivity index (χ4v) is 2.18. The molecule has 0 bridgehead atoms. The number of fused-ring (bicyclic) bond motifs is 1. The van der Waals surface area contributed by atoms with Crippen molar-refractivity contribution in [2.24, 2.45) is 5.10 Å². The van der Waals surface area contributed by atoms with E-state index < -0.39 is 0 Å². The van der Waals surface area contributed by atoms with E-state index in [-0.39, 0.29) is 6.79 Å². The molecule has 0 radical (unpaired) electrons. The molecule has 0 amide bonds. The molecule has 3 rings (SSSR count). The number of anilines is 1. The number of nitrogens with zero attached hydrogens (tertiary/aromatic N) is 3. The SMILES string of the molecule is Cc1cn(N=Cc2cc3c(cc2Br)OCO3)c(N)n1. The zero-order valence-electron chi connectivity index (χ0n) is 10.1. The Labute approximate surface area is 118 Å². The summed E-state index contributed by atoms with van der Waals surface area (Å²) in [5.74, 6) is 1.78. The standard InChI is InChI=1S/C12H11BrN4O2/c1-7-5-17(12(14)16-7)15-4-8-2-10-11(3-9(8)13)19-6-18-10/h2-5H,6H2,1H3,(H2,14,16). The van der Waals surface area contributed by atoms with Crippen LogP contribution >= 0.6 is 15.9 Å². The first-order valence-corrected chi connectivity index (χ1v) is 6.38. The van der Waals surface area contributed by atoms with E-state index in [0.29, 0.717) is 11.7 Å². The van der Waals surface area contributed by atoms with Crippen molar-refractivity contribution in [1.29, 1.82) is 0 Å². The third-order valence-corrected chi connectivity index (χ3v) is 3.33. The summed E-state index contributed by atoms with van der Waals surface area (Å²) in [6, 6.07) is 3.71. The first-order chi connectivity index (χ1) is 9.13. The van der Waals surface area contributed by atoms with Crippen molar-refractivity contribution in [3.8, 4) is 11.5 Å². The third-order valence-electron chi connectivity index (χ3n) is 2.65. The van der Waals surface area contributed by atoms with Crippen molar-refractivity contribution in [1.82, 2.24) is 9.66 Å². The summed E-state index contributed by atoms with van der Waals surface area (Å²) in [5.41, 5.74) is 7.40. The number of halogens is 1. The Morgan fingerprint density at radius 1 is 1.42 bits per heavy atom. The van der Waals surface area contributed by atoms with E-state index in [9.17, 15) is 0 Å². The van der Waals surface area contributed by atoms with Gasteiger partial charge in [0.05, 0.1) is 18.1 Å². The average molecular weight is 323 g/mol. The number of nitrogen functional groups attached to an aromatic ring is 1. The Kier molecular flexibility index (Phi) is 2.90. The Bertz CT molecular complexity index is 666. The second kappa shape index (κ2) is 4.58.